The predicted octanol–water partition coefficient (Wildman–Crippen LogP) is 4.25. The monoisotopic (exact) mass is 544 g/mol. The number of phenols is 1. The highest BCUT2D eigenvalue weighted by Gasteiger charge is 2.25. The maximum atomic E-state index is 12.9. The van der Waals surface area contributed by atoms with E-state index in [-0.39, 0.29) is 34.2 Å². The van der Waals surface area contributed by atoms with Crippen LogP contribution >= 0.6 is 23.2 Å². The van der Waals surface area contributed by atoms with E-state index in [1.165, 1.54) is 19.1 Å². The van der Waals surface area contributed by atoms with E-state index in [2.05, 4.69) is 15.8 Å². The molecule has 0 radical (unpaired) electrons. The quantitative estimate of drug-likeness (QED) is 0.198. The van der Waals surface area contributed by atoms with E-state index in [0.717, 1.165) is 30.0 Å². The Balaban J connectivity index is 1.72. The first-order valence-corrected chi connectivity index (χ1v) is 11.7. The van der Waals surface area contributed by atoms with Crippen LogP contribution in [0.1, 0.15) is 18.1 Å². The number of carbonyl (C=O) groups excluding carboxylic acids is 2. The normalized spacial score (nSPS) is 12.5. The summed E-state index contributed by atoms with van der Waals surface area (Å²) in [4.78, 5) is 36.1. The first kappa shape index (κ1) is 27.4. The van der Waals surface area contributed by atoms with Crippen molar-refractivity contribution in [1.82, 2.24) is 10.7 Å². The van der Waals surface area contributed by atoms with Gasteiger partial charge < -0.3 is 15.2 Å². The maximum Gasteiger partial charge on any atom is 0.270 e. The number of hydrazone groups is 1. The molecule has 192 valence electrons. The second-order valence-corrected chi connectivity index (χ2v) is 8.66. The third-order valence-electron chi connectivity index (χ3n) is 5.08. The van der Waals surface area contributed by atoms with Crippen LogP contribution in [-0.4, -0.2) is 40.2 Å². The van der Waals surface area contributed by atoms with E-state index in [9.17, 15) is 24.8 Å². The number of carbonyl (C=O) groups is 2. The van der Waals surface area contributed by atoms with Crippen molar-refractivity contribution in [2.45, 2.75) is 25.5 Å². The summed E-state index contributed by atoms with van der Waals surface area (Å²) in [6.45, 7) is 1.50. The number of ether oxygens (including phenoxy) is 1. The number of benzene rings is 3. The van der Waals surface area contributed by atoms with E-state index in [0.29, 0.717) is 5.02 Å². The van der Waals surface area contributed by atoms with Crippen LogP contribution < -0.4 is 15.5 Å². The maximum absolute atomic E-state index is 12.9. The Bertz CT molecular complexity index is 1320. The molecule has 0 unspecified atom stereocenters. The molecule has 3 rings (SSSR count). The summed E-state index contributed by atoms with van der Waals surface area (Å²) in [5, 5.41) is 27.9. The van der Waals surface area contributed by atoms with Gasteiger partial charge in [-0.05, 0) is 36.8 Å². The molecule has 37 heavy (non-hydrogen) atoms. The van der Waals surface area contributed by atoms with Gasteiger partial charge in [-0.3, -0.25) is 19.7 Å². The van der Waals surface area contributed by atoms with Gasteiger partial charge >= 0.3 is 0 Å². The van der Waals surface area contributed by atoms with Crippen molar-refractivity contribution >= 4 is 46.9 Å². The zero-order chi connectivity index (χ0) is 26.9. The zero-order valence-corrected chi connectivity index (χ0v) is 20.9. The van der Waals surface area contributed by atoms with Crippen LogP contribution in [0.2, 0.25) is 10.0 Å². The lowest BCUT2D eigenvalue weighted by Crippen LogP contribution is -2.50. The minimum Gasteiger partial charge on any atom is -0.507 e. The Labute approximate surface area is 222 Å². The van der Waals surface area contributed by atoms with Crippen LogP contribution in [-0.2, 0) is 16.0 Å². The lowest BCUT2D eigenvalue weighted by molar-refractivity contribution is -0.384. The Morgan fingerprint density at radius 3 is 2.51 bits per heavy atom. The summed E-state index contributed by atoms with van der Waals surface area (Å²) >= 11 is 12.0. The summed E-state index contributed by atoms with van der Waals surface area (Å²) in [5.41, 5.74) is 2.84. The number of nitro groups is 1. The molecule has 2 amide bonds. The fraction of sp³-hybridized carbons (Fsp3) is 0.160. The molecule has 0 spiro atoms. The average molecular weight is 545 g/mol. The summed E-state index contributed by atoms with van der Waals surface area (Å²) in [6.07, 6.45) is 0.204. The number of nitrogens with zero attached hydrogens (tertiary/aromatic N) is 2. The van der Waals surface area contributed by atoms with Crippen molar-refractivity contribution in [3.8, 4) is 11.5 Å². The van der Waals surface area contributed by atoms with Crippen LogP contribution in [0.25, 0.3) is 0 Å². The molecule has 3 N–H and O–H groups in total. The SMILES string of the molecule is C[C@H](Oc1ccc(Cl)cc1Cl)C(=O)N[C@@H](Cc1ccccc1)C(=O)N/N=C\c1cc([N+](=O)[O-])ccc1O. The van der Waals surface area contributed by atoms with Crippen LogP contribution in [0.4, 0.5) is 5.69 Å². The Morgan fingerprint density at radius 2 is 1.84 bits per heavy atom. The van der Waals surface area contributed by atoms with Crippen molar-refractivity contribution in [2.75, 3.05) is 0 Å². The molecule has 3 aromatic rings. The molecule has 0 aliphatic rings. The van der Waals surface area contributed by atoms with Crippen molar-refractivity contribution in [2.24, 2.45) is 5.10 Å². The molecule has 0 bridgehead atoms. The third-order valence-corrected chi connectivity index (χ3v) is 5.61. The lowest BCUT2D eigenvalue weighted by atomic mass is 10.1. The van der Waals surface area contributed by atoms with Gasteiger partial charge in [0.25, 0.3) is 17.5 Å². The highest BCUT2D eigenvalue weighted by Crippen LogP contribution is 2.28. The molecule has 12 heteroatoms. The second-order valence-electron chi connectivity index (χ2n) is 7.82. The largest absolute Gasteiger partial charge is 0.507 e. The molecular weight excluding hydrogens is 523 g/mol. The average Bonchev–Trinajstić information content (AvgIpc) is 2.86. The van der Waals surface area contributed by atoms with Crippen molar-refractivity contribution in [1.29, 1.82) is 0 Å². The van der Waals surface area contributed by atoms with Crippen molar-refractivity contribution in [3.63, 3.8) is 0 Å². The van der Waals surface area contributed by atoms with Gasteiger partial charge in [-0.25, -0.2) is 5.43 Å². The number of hydrogen-bond donors (Lipinski definition) is 3. The minimum atomic E-state index is -1.04. The minimum absolute atomic E-state index is 0.0278. The standard InChI is InChI=1S/C25H22Cl2N4O6/c1-15(37-23-10-7-18(26)13-20(23)27)24(33)29-21(11-16-5-3-2-4-6-16)25(34)30-28-14-17-12-19(31(35)36)8-9-22(17)32/h2-10,12-15,21,32H,11H2,1H3,(H,29,33)(H,30,34)/b28-14-/t15-,21-/m0/s1. The second kappa shape index (κ2) is 12.7. The fourth-order valence-electron chi connectivity index (χ4n) is 3.17. The molecule has 0 fully saturated rings. The van der Waals surface area contributed by atoms with Gasteiger partial charge in [0, 0.05) is 29.1 Å². The number of nitro benzene ring substituents is 1. The molecular formula is C25H22Cl2N4O6. The van der Waals surface area contributed by atoms with Gasteiger partial charge in [0.15, 0.2) is 6.10 Å². The Kier molecular flexibility index (Phi) is 9.42. The number of non-ortho nitro benzene ring substituents is 1. The summed E-state index contributed by atoms with van der Waals surface area (Å²) in [6, 6.07) is 15.9. The highest BCUT2D eigenvalue weighted by atomic mass is 35.5. The van der Waals surface area contributed by atoms with Crippen molar-refractivity contribution < 1.29 is 24.4 Å². The van der Waals surface area contributed by atoms with Gasteiger partial charge in [0.05, 0.1) is 16.2 Å². The number of aromatic hydroxyl groups is 1. The molecule has 10 nitrogen and oxygen atoms in total. The molecule has 0 saturated heterocycles. The molecule has 0 saturated carbocycles. The summed E-state index contributed by atoms with van der Waals surface area (Å²) in [7, 11) is 0. The summed E-state index contributed by atoms with van der Waals surface area (Å²) in [5.74, 6) is -1.25. The van der Waals surface area contributed by atoms with Crippen molar-refractivity contribution in [3.05, 3.63) is 98.0 Å². The molecule has 2 atom stereocenters. The first-order chi connectivity index (χ1) is 17.6. The topological polar surface area (TPSA) is 143 Å². The van der Waals surface area contributed by atoms with E-state index >= 15 is 0 Å². The van der Waals surface area contributed by atoms with E-state index in [1.54, 1.807) is 30.3 Å². The Morgan fingerprint density at radius 1 is 1.11 bits per heavy atom. The summed E-state index contributed by atoms with van der Waals surface area (Å²) < 4.78 is 5.63. The lowest BCUT2D eigenvalue weighted by Gasteiger charge is -2.21. The van der Waals surface area contributed by atoms with E-state index in [1.807, 2.05) is 6.07 Å². The number of amides is 2. The van der Waals surface area contributed by atoms with Crippen LogP contribution in [0.3, 0.4) is 0 Å². The predicted molar refractivity (Wildman–Crippen MR) is 139 cm³/mol. The number of phenolic OH excluding ortho intramolecular Hbond substituents is 1. The smallest absolute Gasteiger partial charge is 0.270 e. The van der Waals surface area contributed by atoms with Crippen LogP contribution in [0.15, 0.2) is 71.8 Å². The van der Waals surface area contributed by atoms with E-state index in [4.69, 9.17) is 27.9 Å². The number of hydrogen-bond acceptors (Lipinski definition) is 7. The van der Waals surface area contributed by atoms with E-state index < -0.39 is 28.9 Å². The van der Waals surface area contributed by atoms with Gasteiger partial charge in [-0.15, -0.1) is 0 Å². The third kappa shape index (κ3) is 7.92. The zero-order valence-electron chi connectivity index (χ0n) is 19.4. The molecule has 0 aromatic heterocycles. The fourth-order valence-corrected chi connectivity index (χ4v) is 3.62. The highest BCUT2D eigenvalue weighted by molar-refractivity contribution is 6.35. The van der Waals surface area contributed by atoms with Gasteiger partial charge in [-0.1, -0.05) is 53.5 Å². The number of halogens is 2. The Hall–Kier alpha value is -4.15. The molecule has 0 aliphatic carbocycles. The number of rotatable bonds is 10. The van der Waals surface area contributed by atoms with Gasteiger partial charge in [-0.2, -0.15) is 5.10 Å². The van der Waals surface area contributed by atoms with Gasteiger partial charge in [0.1, 0.15) is 17.5 Å². The molecule has 0 aliphatic heterocycles. The van der Waals surface area contributed by atoms with Crippen LogP contribution in [0, 0.1) is 10.1 Å². The molecule has 0 heterocycles. The van der Waals surface area contributed by atoms with Gasteiger partial charge in [0.2, 0.25) is 0 Å². The first-order valence-electron chi connectivity index (χ1n) is 10.9. The molecule has 3 aromatic carbocycles. The van der Waals surface area contributed by atoms with Crippen LogP contribution in [0.5, 0.6) is 11.5 Å². The number of nitrogens with one attached hydrogen (secondary N) is 2.